The van der Waals surface area contributed by atoms with Crippen LogP contribution in [0, 0.1) is 29.6 Å². The Hall–Kier alpha value is -4.95. The van der Waals surface area contributed by atoms with Crippen molar-refractivity contribution in [2.45, 2.75) is 66.2 Å². The van der Waals surface area contributed by atoms with Crippen LogP contribution >= 0.6 is 0 Å². The molecule has 0 spiro atoms. The molecule has 5 unspecified atom stereocenters. The van der Waals surface area contributed by atoms with Crippen LogP contribution < -0.4 is 10.4 Å². The van der Waals surface area contributed by atoms with Crippen molar-refractivity contribution < 1.29 is 0 Å². The van der Waals surface area contributed by atoms with E-state index in [1.54, 1.807) is 11.1 Å². The number of hydrogen-bond donors (Lipinski definition) is 0. The Labute approximate surface area is 307 Å². The van der Waals surface area contributed by atoms with Gasteiger partial charge in [-0.15, -0.1) is 0 Å². The second-order valence-corrected chi connectivity index (χ2v) is 16.2. The van der Waals surface area contributed by atoms with Crippen LogP contribution in [-0.2, 0) is 5.41 Å². The minimum atomic E-state index is 0.000466. The van der Waals surface area contributed by atoms with Crippen LogP contribution in [0.1, 0.15) is 66.4 Å². The normalized spacial score (nSPS) is 25.0. The summed E-state index contributed by atoms with van der Waals surface area (Å²) < 4.78 is 2.49. The Morgan fingerprint density at radius 1 is 0.865 bits per heavy atom. The summed E-state index contributed by atoms with van der Waals surface area (Å²) in [5.74, 6) is 4.08. The number of rotatable bonds is 3. The zero-order valence-corrected chi connectivity index (χ0v) is 31.4. The first-order valence-corrected chi connectivity index (χ1v) is 19.8. The van der Waals surface area contributed by atoms with Gasteiger partial charge >= 0.3 is 0 Å². The predicted octanol–water partition coefficient (Wildman–Crippen LogP) is 11.3. The molecule has 0 radical (unpaired) electrons. The number of fused-ring (bicyclic) bond motifs is 11. The van der Waals surface area contributed by atoms with Crippen molar-refractivity contribution in [1.82, 2.24) is 4.57 Å². The second kappa shape index (κ2) is 11.5. The van der Waals surface area contributed by atoms with Gasteiger partial charge in [-0.1, -0.05) is 137 Å². The van der Waals surface area contributed by atoms with Gasteiger partial charge in [-0.2, -0.15) is 0 Å². The topological polar surface area (TPSA) is 17.3 Å². The molecule has 258 valence electrons. The highest BCUT2D eigenvalue weighted by Gasteiger charge is 2.49. The zero-order chi connectivity index (χ0) is 35.5. The molecule has 5 atom stereocenters. The van der Waals surface area contributed by atoms with Crippen molar-refractivity contribution in [2.24, 2.45) is 34.6 Å². The molecule has 6 aliphatic rings. The van der Waals surface area contributed by atoms with Crippen molar-refractivity contribution in [2.75, 3.05) is 0 Å². The summed E-state index contributed by atoms with van der Waals surface area (Å²) in [6.07, 6.45) is 22.3. The Morgan fingerprint density at radius 2 is 1.67 bits per heavy atom. The first-order valence-electron chi connectivity index (χ1n) is 19.8. The maximum absolute atomic E-state index is 5.60. The average Bonchev–Trinajstić information content (AvgIpc) is 4.09. The van der Waals surface area contributed by atoms with Gasteiger partial charge in [0.05, 0.1) is 16.7 Å². The number of allylic oxidation sites excluding steroid dienone is 9. The van der Waals surface area contributed by atoms with E-state index in [9.17, 15) is 0 Å². The van der Waals surface area contributed by atoms with Gasteiger partial charge in [0.1, 0.15) is 5.84 Å². The fraction of sp³-hybridized carbons (Fsp3) is 0.300. The molecule has 0 aliphatic heterocycles. The highest BCUT2D eigenvalue weighted by molar-refractivity contribution is 6.27. The zero-order valence-electron chi connectivity index (χ0n) is 31.4. The standard InChI is InChI=1S/C48H42N2.C2H6/c1-27(33-18-12-14-30-24-37(30)33)34-15-6-5-7-20-40(34)49-28(2)50-41-22-21-29-13-8-9-16-35(29)44(41)46-42(50)26-32-23-31-25-38(31)47-43(32)45(46)36-17-10-11-19-39(36)48(47,3)4;1-2/h5,7-23,26-27,30-31,37-38H,6,24-25H2,1-4H3;1-2H3. The molecule has 4 aromatic carbocycles. The van der Waals surface area contributed by atoms with Gasteiger partial charge in [0.15, 0.2) is 0 Å². The van der Waals surface area contributed by atoms with Crippen molar-refractivity contribution in [3.05, 3.63) is 142 Å². The van der Waals surface area contributed by atoms with Crippen LogP contribution in [0.4, 0.5) is 0 Å². The van der Waals surface area contributed by atoms with Crippen LogP contribution in [0.25, 0.3) is 55.4 Å². The number of hydrogen-bond acceptors (Lipinski definition) is 1. The van der Waals surface area contributed by atoms with Gasteiger partial charge in [-0.3, -0.25) is 4.57 Å². The van der Waals surface area contributed by atoms with E-state index in [4.69, 9.17) is 4.99 Å². The summed E-state index contributed by atoms with van der Waals surface area (Å²) in [6, 6.07) is 25.4. The molecule has 6 aliphatic carbocycles. The average molecular weight is 677 g/mol. The molecule has 0 amide bonds. The molecule has 0 saturated heterocycles. The first-order chi connectivity index (χ1) is 25.4. The largest absolute Gasteiger partial charge is 0.297 e. The van der Waals surface area contributed by atoms with Crippen LogP contribution in [-0.4, -0.2) is 10.4 Å². The summed E-state index contributed by atoms with van der Waals surface area (Å²) in [4.78, 5) is 5.60. The van der Waals surface area contributed by atoms with E-state index in [0.717, 1.165) is 23.9 Å². The van der Waals surface area contributed by atoms with E-state index in [-0.39, 0.29) is 5.41 Å². The van der Waals surface area contributed by atoms with E-state index < -0.39 is 0 Å². The van der Waals surface area contributed by atoms with E-state index in [1.807, 2.05) is 13.8 Å². The van der Waals surface area contributed by atoms with Crippen molar-refractivity contribution in [3.8, 4) is 11.1 Å². The highest BCUT2D eigenvalue weighted by atomic mass is 15.1. The van der Waals surface area contributed by atoms with Crippen molar-refractivity contribution in [1.29, 1.82) is 0 Å². The third-order valence-corrected chi connectivity index (χ3v) is 13.0. The van der Waals surface area contributed by atoms with Gasteiger partial charge in [0.25, 0.3) is 0 Å². The van der Waals surface area contributed by atoms with Crippen LogP contribution in [0.2, 0.25) is 0 Å². The molecule has 2 heteroatoms. The predicted molar refractivity (Wildman–Crippen MR) is 222 cm³/mol. The van der Waals surface area contributed by atoms with E-state index in [0.29, 0.717) is 23.7 Å². The third-order valence-electron chi connectivity index (χ3n) is 13.0. The molecule has 1 aromatic heterocycles. The van der Waals surface area contributed by atoms with Crippen LogP contribution in [0.15, 0.2) is 131 Å². The molecule has 5 aromatic rings. The Bertz CT molecular complexity index is 2700. The SMILES string of the molecule is CC.CC(=NC1=CC=CCC=C1C(C)C1=CC=CC2CC12)n1c2cc3c4c(c2c2c5ccccc5ccc21)-c1ccccc1C(C)(C)C=4C1CC1C=3. The first kappa shape index (κ1) is 31.8. The molecular formula is C50H48N2. The molecule has 0 bridgehead atoms. The van der Waals surface area contributed by atoms with Gasteiger partial charge < -0.3 is 0 Å². The minimum absolute atomic E-state index is 0.000466. The molecule has 52 heavy (non-hydrogen) atoms. The molecule has 0 N–H and O–H groups in total. The molecule has 11 rings (SSSR count). The number of nitrogens with zero attached hydrogens (tertiary/aromatic N) is 2. The number of aliphatic imine (C=N–C) groups is 1. The number of benzene rings is 4. The Morgan fingerprint density at radius 3 is 2.56 bits per heavy atom. The summed E-state index contributed by atoms with van der Waals surface area (Å²) in [5, 5.41) is 8.22. The number of aromatic nitrogens is 1. The monoisotopic (exact) mass is 676 g/mol. The Kier molecular flexibility index (Phi) is 7.04. The molecule has 1 heterocycles. The quantitative estimate of drug-likeness (QED) is 0.134. The lowest BCUT2D eigenvalue weighted by Crippen LogP contribution is -2.42. The lowest BCUT2D eigenvalue weighted by Gasteiger charge is -2.37. The van der Waals surface area contributed by atoms with Crippen molar-refractivity contribution in [3.63, 3.8) is 0 Å². The van der Waals surface area contributed by atoms with Gasteiger partial charge in [0.2, 0.25) is 0 Å². The minimum Gasteiger partial charge on any atom is -0.297 e. The lowest BCUT2D eigenvalue weighted by molar-refractivity contribution is 0.645. The molecule has 2 fully saturated rings. The highest BCUT2D eigenvalue weighted by Crippen LogP contribution is 2.57. The summed E-state index contributed by atoms with van der Waals surface area (Å²) in [5.41, 5.74) is 12.4. The summed E-state index contributed by atoms with van der Waals surface area (Å²) in [7, 11) is 0. The molecular weight excluding hydrogens is 629 g/mol. The third kappa shape index (κ3) is 4.46. The lowest BCUT2D eigenvalue weighted by atomic mass is 9.66. The van der Waals surface area contributed by atoms with E-state index in [2.05, 4.69) is 148 Å². The molecule has 2 nitrogen and oxygen atoms in total. The summed E-state index contributed by atoms with van der Waals surface area (Å²) in [6.45, 7) is 13.6. The fourth-order valence-corrected chi connectivity index (χ4v) is 10.6. The van der Waals surface area contributed by atoms with Gasteiger partial charge in [0, 0.05) is 22.1 Å². The van der Waals surface area contributed by atoms with E-state index >= 15 is 0 Å². The maximum atomic E-state index is 5.60. The Balaban J connectivity index is 0.00000166. The van der Waals surface area contributed by atoms with Gasteiger partial charge in [-0.25, -0.2) is 4.99 Å². The second-order valence-electron chi connectivity index (χ2n) is 16.2. The van der Waals surface area contributed by atoms with E-state index in [1.165, 1.54) is 78.1 Å². The van der Waals surface area contributed by atoms with Crippen molar-refractivity contribution >= 4 is 50.1 Å². The smallest absolute Gasteiger partial charge is 0.111 e. The molecule has 2 saturated carbocycles. The summed E-state index contributed by atoms with van der Waals surface area (Å²) >= 11 is 0. The van der Waals surface area contributed by atoms with Crippen LogP contribution in [0.5, 0.6) is 0 Å². The van der Waals surface area contributed by atoms with Crippen LogP contribution in [0.3, 0.4) is 0 Å². The fourth-order valence-electron chi connectivity index (χ4n) is 10.6. The maximum Gasteiger partial charge on any atom is 0.111 e. The van der Waals surface area contributed by atoms with Gasteiger partial charge in [-0.05, 0) is 117 Å².